The second kappa shape index (κ2) is 7.07. The second-order valence-electron chi connectivity index (χ2n) is 8.03. The zero-order chi connectivity index (χ0) is 19.1. The number of carbonyl (C=O) groups is 1. The number of nitrogens with one attached hydrogen (secondary N) is 3. The topological polar surface area (TPSA) is 83.9 Å². The Morgan fingerprint density at radius 1 is 1.26 bits per heavy atom. The second-order valence-corrected chi connectivity index (χ2v) is 8.44. The minimum absolute atomic E-state index is 0.201. The molecule has 2 saturated carbocycles. The van der Waals surface area contributed by atoms with Gasteiger partial charge < -0.3 is 5.32 Å². The van der Waals surface area contributed by atoms with Crippen LogP contribution in [0.4, 0.5) is 0 Å². The lowest BCUT2D eigenvalue weighted by Crippen LogP contribution is -2.47. The molecule has 8 heteroatoms. The zero-order valence-corrected chi connectivity index (χ0v) is 16.8. The summed E-state index contributed by atoms with van der Waals surface area (Å²) < 4.78 is 1.81. The van der Waals surface area contributed by atoms with E-state index in [1.54, 1.807) is 0 Å². The van der Waals surface area contributed by atoms with E-state index in [4.69, 9.17) is 17.2 Å². The molecule has 27 heavy (non-hydrogen) atoms. The molecule has 2 aliphatic carbocycles. The van der Waals surface area contributed by atoms with Gasteiger partial charge in [0.2, 0.25) is 0 Å². The Hall–Kier alpha value is -2.22. The van der Waals surface area contributed by atoms with Crippen LogP contribution in [0, 0.1) is 5.92 Å². The van der Waals surface area contributed by atoms with Crippen LogP contribution in [0.2, 0.25) is 0 Å². The fourth-order valence-electron chi connectivity index (χ4n) is 3.23. The third-order valence-corrected chi connectivity index (χ3v) is 5.25. The number of hydrogen-bond donors (Lipinski definition) is 3. The van der Waals surface area contributed by atoms with Crippen LogP contribution in [-0.2, 0) is 7.05 Å². The molecule has 7 nitrogen and oxygen atoms in total. The minimum Gasteiger partial charge on any atom is -0.361 e. The van der Waals surface area contributed by atoms with Crippen LogP contribution in [0.3, 0.4) is 0 Å². The summed E-state index contributed by atoms with van der Waals surface area (Å²) in [4.78, 5) is 17.8. The van der Waals surface area contributed by atoms with Crippen molar-refractivity contribution in [3.63, 3.8) is 0 Å². The number of nitrogens with zero attached hydrogens (tertiary/aromatic N) is 3. The summed E-state index contributed by atoms with van der Waals surface area (Å²) in [6.45, 7) is 4.95. The summed E-state index contributed by atoms with van der Waals surface area (Å²) in [5, 5.41) is 9.06. The summed E-state index contributed by atoms with van der Waals surface area (Å²) in [6, 6.07) is 1.94. The van der Waals surface area contributed by atoms with Gasteiger partial charge in [-0.25, -0.2) is 4.98 Å². The van der Waals surface area contributed by atoms with Crippen molar-refractivity contribution in [3.05, 3.63) is 23.0 Å². The molecule has 0 bridgehead atoms. The molecule has 0 spiro atoms. The van der Waals surface area contributed by atoms with E-state index < -0.39 is 0 Å². The maximum atomic E-state index is 13.0. The Bertz CT molecular complexity index is 897. The molecule has 2 aromatic heterocycles. The van der Waals surface area contributed by atoms with E-state index >= 15 is 0 Å². The third kappa shape index (κ3) is 3.90. The summed E-state index contributed by atoms with van der Waals surface area (Å²) in [7, 11) is 1.91. The van der Waals surface area contributed by atoms with Crippen molar-refractivity contribution in [1.82, 2.24) is 30.9 Å². The van der Waals surface area contributed by atoms with Gasteiger partial charge in [-0.05, 0) is 49.9 Å². The molecule has 144 valence electrons. The number of hydrogen-bond acceptors (Lipinski definition) is 4. The average Bonchev–Trinajstić information content (AvgIpc) is 3.54. The molecule has 4 rings (SSSR count). The van der Waals surface area contributed by atoms with Crippen LogP contribution in [0.5, 0.6) is 0 Å². The van der Waals surface area contributed by atoms with Gasteiger partial charge in [0, 0.05) is 31.1 Å². The number of carbonyl (C=O) groups excluding carboxylic acids is 1. The number of aromatic nitrogens is 3. The van der Waals surface area contributed by atoms with Gasteiger partial charge in [-0.2, -0.15) is 5.10 Å². The van der Waals surface area contributed by atoms with Crippen LogP contribution >= 0.6 is 12.2 Å². The lowest BCUT2D eigenvalue weighted by Gasteiger charge is -2.14. The summed E-state index contributed by atoms with van der Waals surface area (Å²) in [5.74, 6) is 1.17. The van der Waals surface area contributed by atoms with E-state index in [1.807, 2.05) is 17.8 Å². The zero-order valence-electron chi connectivity index (χ0n) is 16.0. The lowest BCUT2D eigenvalue weighted by molar-refractivity contribution is 0.0945. The molecule has 0 saturated heterocycles. The Balaban J connectivity index is 1.61. The summed E-state index contributed by atoms with van der Waals surface area (Å²) >= 11 is 5.23. The number of hydrazine groups is 1. The highest BCUT2D eigenvalue weighted by atomic mass is 32.1. The molecule has 3 N–H and O–H groups in total. The van der Waals surface area contributed by atoms with Gasteiger partial charge in [0.25, 0.3) is 5.91 Å². The first-order valence-electron chi connectivity index (χ1n) is 9.65. The molecule has 0 unspecified atom stereocenters. The molecule has 2 aromatic rings. The molecule has 2 fully saturated rings. The van der Waals surface area contributed by atoms with Gasteiger partial charge in [-0.15, -0.1) is 0 Å². The number of thiocarbonyl (C=S) groups is 1. The molecule has 1 amide bonds. The Morgan fingerprint density at radius 3 is 2.59 bits per heavy atom. The van der Waals surface area contributed by atoms with E-state index in [-0.39, 0.29) is 5.91 Å². The van der Waals surface area contributed by atoms with Crippen molar-refractivity contribution in [1.29, 1.82) is 0 Å². The van der Waals surface area contributed by atoms with E-state index in [9.17, 15) is 4.79 Å². The Morgan fingerprint density at radius 2 is 1.96 bits per heavy atom. The molecule has 0 atom stereocenters. The first-order valence-corrected chi connectivity index (χ1v) is 10.1. The molecule has 0 aromatic carbocycles. The Labute approximate surface area is 164 Å². The molecule has 0 aliphatic heterocycles. The maximum Gasteiger partial charge on any atom is 0.270 e. The highest BCUT2D eigenvalue weighted by molar-refractivity contribution is 7.80. The SMILES string of the molecule is CC(C)CNC(=S)NNC(=O)c1cc(C2CC2)nc2c1c(C1CC1)nn2C. The largest absolute Gasteiger partial charge is 0.361 e. The van der Waals surface area contributed by atoms with Gasteiger partial charge in [0.15, 0.2) is 10.8 Å². The average molecular weight is 387 g/mol. The lowest BCUT2D eigenvalue weighted by atomic mass is 10.1. The number of fused-ring (bicyclic) bond motifs is 1. The standard InChI is InChI=1S/C19H26N6OS/c1-10(2)9-20-19(27)23-22-18(26)13-8-14(11-4-5-11)21-17-15(13)16(12-6-7-12)24-25(17)3/h8,10-12H,4-7,9H2,1-3H3,(H,22,26)(H2,20,23,27). The number of rotatable bonds is 5. The van der Waals surface area contributed by atoms with Crippen LogP contribution in [0.1, 0.15) is 73.1 Å². The highest BCUT2D eigenvalue weighted by Gasteiger charge is 2.33. The highest BCUT2D eigenvalue weighted by Crippen LogP contribution is 2.45. The fourth-order valence-corrected chi connectivity index (χ4v) is 3.36. The number of aryl methyl sites for hydroxylation is 1. The monoisotopic (exact) mass is 386 g/mol. The molecule has 2 heterocycles. The molecule has 2 aliphatic rings. The number of pyridine rings is 1. The van der Waals surface area contributed by atoms with Crippen molar-refractivity contribution >= 4 is 34.3 Å². The Kier molecular flexibility index (Phi) is 4.75. The van der Waals surface area contributed by atoms with Crippen molar-refractivity contribution in [2.75, 3.05) is 6.54 Å². The molecule has 0 radical (unpaired) electrons. The van der Waals surface area contributed by atoms with E-state index in [0.29, 0.717) is 28.4 Å². The minimum atomic E-state index is -0.201. The third-order valence-electron chi connectivity index (χ3n) is 5.01. The quantitative estimate of drug-likeness (QED) is 0.541. The van der Waals surface area contributed by atoms with Crippen molar-refractivity contribution in [2.45, 2.75) is 51.4 Å². The first kappa shape index (κ1) is 18.2. The predicted octanol–water partition coefficient (Wildman–Crippen LogP) is 2.49. The smallest absolute Gasteiger partial charge is 0.270 e. The van der Waals surface area contributed by atoms with Gasteiger partial charge in [0.05, 0.1) is 16.6 Å². The van der Waals surface area contributed by atoms with E-state index in [1.165, 1.54) is 0 Å². The van der Waals surface area contributed by atoms with Crippen LogP contribution < -0.4 is 16.2 Å². The van der Waals surface area contributed by atoms with Gasteiger partial charge in [0.1, 0.15) is 0 Å². The van der Waals surface area contributed by atoms with Crippen LogP contribution in [0.25, 0.3) is 11.0 Å². The van der Waals surface area contributed by atoms with Crippen LogP contribution in [-0.4, -0.2) is 32.3 Å². The summed E-state index contributed by atoms with van der Waals surface area (Å²) in [5.41, 5.74) is 8.96. The predicted molar refractivity (Wildman–Crippen MR) is 108 cm³/mol. The summed E-state index contributed by atoms with van der Waals surface area (Å²) in [6.07, 6.45) is 4.51. The fraction of sp³-hybridized carbons (Fsp3) is 0.579. The van der Waals surface area contributed by atoms with Gasteiger partial charge in [-0.1, -0.05) is 13.8 Å². The van der Waals surface area contributed by atoms with Crippen molar-refractivity contribution < 1.29 is 4.79 Å². The van der Waals surface area contributed by atoms with E-state index in [0.717, 1.165) is 54.6 Å². The van der Waals surface area contributed by atoms with Gasteiger partial charge in [-0.3, -0.25) is 20.3 Å². The van der Waals surface area contributed by atoms with Gasteiger partial charge >= 0.3 is 0 Å². The maximum absolute atomic E-state index is 13.0. The molecular formula is C19H26N6OS. The van der Waals surface area contributed by atoms with Crippen molar-refractivity contribution in [3.8, 4) is 0 Å². The van der Waals surface area contributed by atoms with Crippen molar-refractivity contribution in [2.24, 2.45) is 13.0 Å². The van der Waals surface area contributed by atoms with Crippen LogP contribution in [0.15, 0.2) is 6.07 Å². The van der Waals surface area contributed by atoms with E-state index in [2.05, 4.69) is 35.1 Å². The first-order chi connectivity index (χ1) is 12.9. The number of amides is 1. The normalized spacial score (nSPS) is 16.6. The molecular weight excluding hydrogens is 360 g/mol.